The molecule has 0 N–H and O–H groups in total. The molecule has 0 saturated heterocycles. The van der Waals surface area contributed by atoms with Gasteiger partial charge in [-0.1, -0.05) is 67.0 Å². The zero-order valence-electron chi connectivity index (χ0n) is 14.8. The summed E-state index contributed by atoms with van der Waals surface area (Å²) in [6.45, 7) is 8.25. The average Bonchev–Trinajstić information content (AvgIpc) is 2.52. The van der Waals surface area contributed by atoms with Crippen molar-refractivity contribution in [1.82, 2.24) is 4.90 Å². The van der Waals surface area contributed by atoms with E-state index in [1.807, 2.05) is 51.1 Å². The molecule has 24 heavy (non-hydrogen) atoms. The molecule has 0 bridgehead atoms. The highest BCUT2D eigenvalue weighted by molar-refractivity contribution is 9.09. The van der Waals surface area contributed by atoms with Gasteiger partial charge >= 0.3 is 12.1 Å². The van der Waals surface area contributed by atoms with Gasteiger partial charge in [-0.05, 0) is 17.9 Å². The molecule has 0 aromatic heterocycles. The van der Waals surface area contributed by atoms with Gasteiger partial charge in [0.1, 0.15) is 12.6 Å². The minimum absolute atomic E-state index is 0.165. The maximum atomic E-state index is 12.6. The average molecular weight is 400 g/mol. The van der Waals surface area contributed by atoms with Crippen molar-refractivity contribution in [2.24, 2.45) is 5.41 Å². The smallest absolute Gasteiger partial charge is 0.410 e. The molecular weight excluding hydrogens is 374 g/mol. The number of carbonyl (C=O) groups excluding carboxylic acids is 2. The fourth-order valence-electron chi connectivity index (χ4n) is 2.39. The molecule has 1 atom stereocenters. The van der Waals surface area contributed by atoms with Gasteiger partial charge in [0.15, 0.2) is 0 Å². The van der Waals surface area contributed by atoms with E-state index in [0.29, 0.717) is 11.9 Å². The van der Waals surface area contributed by atoms with Crippen LogP contribution in [0.4, 0.5) is 4.79 Å². The Bertz CT molecular complexity index is 528. The highest BCUT2D eigenvalue weighted by Gasteiger charge is 2.40. The van der Waals surface area contributed by atoms with Crippen LogP contribution in [0.1, 0.15) is 33.3 Å². The number of hydrogen-bond donors (Lipinski definition) is 0. The number of rotatable bonds is 7. The molecule has 0 heterocycles. The Morgan fingerprint density at radius 1 is 1.17 bits per heavy atom. The van der Waals surface area contributed by atoms with Gasteiger partial charge in [-0.3, -0.25) is 4.90 Å². The van der Waals surface area contributed by atoms with Crippen LogP contribution in [0.2, 0.25) is 0 Å². The van der Waals surface area contributed by atoms with E-state index in [1.165, 1.54) is 4.90 Å². The van der Waals surface area contributed by atoms with E-state index in [1.54, 1.807) is 6.92 Å². The van der Waals surface area contributed by atoms with Crippen molar-refractivity contribution >= 4 is 28.0 Å². The Hall–Kier alpha value is -1.56. The van der Waals surface area contributed by atoms with E-state index in [-0.39, 0.29) is 13.2 Å². The second kappa shape index (κ2) is 9.67. The summed E-state index contributed by atoms with van der Waals surface area (Å²) in [5.41, 5.74) is 0.424. The first-order valence-electron chi connectivity index (χ1n) is 8.01. The zero-order valence-corrected chi connectivity index (χ0v) is 16.3. The van der Waals surface area contributed by atoms with Crippen molar-refractivity contribution in [1.29, 1.82) is 0 Å². The van der Waals surface area contributed by atoms with Gasteiger partial charge in [-0.25, -0.2) is 9.59 Å². The molecule has 0 saturated carbocycles. The van der Waals surface area contributed by atoms with Crippen molar-refractivity contribution in [3.05, 3.63) is 35.9 Å². The number of halogens is 1. The quantitative estimate of drug-likeness (QED) is 0.513. The normalized spacial score (nSPS) is 12.4. The first kappa shape index (κ1) is 20.5. The summed E-state index contributed by atoms with van der Waals surface area (Å²) in [7, 11) is 0. The summed E-state index contributed by atoms with van der Waals surface area (Å²) in [5, 5.41) is 0.541. The van der Waals surface area contributed by atoms with Crippen LogP contribution < -0.4 is 0 Å². The summed E-state index contributed by atoms with van der Waals surface area (Å²) < 4.78 is 10.6. The van der Waals surface area contributed by atoms with Crippen molar-refractivity contribution < 1.29 is 19.1 Å². The molecule has 0 fully saturated rings. The Labute approximate surface area is 152 Å². The Morgan fingerprint density at radius 2 is 1.79 bits per heavy atom. The number of amides is 1. The molecule has 0 unspecified atom stereocenters. The third-order valence-electron chi connectivity index (χ3n) is 3.41. The lowest BCUT2D eigenvalue weighted by atomic mass is 9.85. The molecule has 0 radical (unpaired) electrons. The van der Waals surface area contributed by atoms with Gasteiger partial charge in [0.25, 0.3) is 0 Å². The van der Waals surface area contributed by atoms with Crippen molar-refractivity contribution in [3.8, 4) is 0 Å². The van der Waals surface area contributed by atoms with Crippen LogP contribution in [0.3, 0.4) is 0 Å². The fraction of sp³-hybridized carbons (Fsp3) is 0.556. The summed E-state index contributed by atoms with van der Waals surface area (Å²) in [5.74, 6) is -0.414. The highest BCUT2D eigenvalue weighted by atomic mass is 79.9. The number of nitrogens with zero attached hydrogens (tertiary/aromatic N) is 1. The van der Waals surface area contributed by atoms with Gasteiger partial charge in [-0.2, -0.15) is 0 Å². The van der Waals surface area contributed by atoms with E-state index >= 15 is 0 Å². The van der Waals surface area contributed by atoms with Gasteiger partial charge in [0.05, 0.1) is 6.61 Å². The number of benzene rings is 1. The first-order valence-corrected chi connectivity index (χ1v) is 9.13. The molecule has 1 aromatic carbocycles. The number of ether oxygens (including phenoxy) is 2. The molecule has 1 amide bonds. The molecule has 0 aliphatic rings. The summed E-state index contributed by atoms with van der Waals surface area (Å²) in [6.07, 6.45) is -0.522. The predicted molar refractivity (Wildman–Crippen MR) is 97.0 cm³/mol. The second-order valence-electron chi connectivity index (χ2n) is 6.44. The van der Waals surface area contributed by atoms with Crippen molar-refractivity contribution in [3.63, 3.8) is 0 Å². The van der Waals surface area contributed by atoms with Crippen molar-refractivity contribution in [2.45, 2.75) is 40.3 Å². The molecule has 0 aliphatic heterocycles. The van der Waals surface area contributed by atoms with E-state index in [4.69, 9.17) is 9.47 Å². The zero-order chi connectivity index (χ0) is 18.2. The van der Waals surface area contributed by atoms with Gasteiger partial charge in [0, 0.05) is 11.9 Å². The summed E-state index contributed by atoms with van der Waals surface area (Å²) in [6, 6.07) is 8.73. The van der Waals surface area contributed by atoms with Gasteiger partial charge < -0.3 is 9.47 Å². The SMILES string of the molecule is CCOC(=O)[C@@H](N(CCBr)C(=O)OCc1ccccc1)C(C)(C)C. The lowest BCUT2D eigenvalue weighted by Gasteiger charge is -2.37. The van der Waals surface area contributed by atoms with E-state index in [9.17, 15) is 9.59 Å². The predicted octanol–water partition coefficient (Wildman–Crippen LogP) is 4.00. The van der Waals surface area contributed by atoms with E-state index in [0.717, 1.165) is 5.56 Å². The summed E-state index contributed by atoms with van der Waals surface area (Å²) >= 11 is 3.34. The Balaban J connectivity index is 2.91. The molecule has 1 rings (SSSR count). The molecule has 1 aromatic rings. The number of esters is 1. The van der Waals surface area contributed by atoms with E-state index in [2.05, 4.69) is 15.9 Å². The Morgan fingerprint density at radius 3 is 2.29 bits per heavy atom. The molecule has 134 valence electrons. The fourth-order valence-corrected chi connectivity index (χ4v) is 2.77. The molecule has 5 nitrogen and oxygen atoms in total. The van der Waals surface area contributed by atoms with E-state index < -0.39 is 23.5 Å². The van der Waals surface area contributed by atoms with Crippen LogP contribution in [0, 0.1) is 5.41 Å². The van der Waals surface area contributed by atoms with Crippen LogP contribution in [0.5, 0.6) is 0 Å². The first-order chi connectivity index (χ1) is 11.3. The maximum absolute atomic E-state index is 12.6. The molecule has 6 heteroatoms. The van der Waals surface area contributed by atoms with Crippen molar-refractivity contribution in [2.75, 3.05) is 18.5 Å². The summed E-state index contributed by atoms with van der Waals surface area (Å²) in [4.78, 5) is 26.4. The monoisotopic (exact) mass is 399 g/mol. The third kappa shape index (κ3) is 6.15. The third-order valence-corrected chi connectivity index (χ3v) is 3.76. The second-order valence-corrected chi connectivity index (χ2v) is 7.24. The van der Waals surface area contributed by atoms with Crippen LogP contribution in [-0.2, 0) is 20.9 Å². The molecule has 0 aliphatic carbocycles. The lowest BCUT2D eigenvalue weighted by Crippen LogP contribution is -2.53. The maximum Gasteiger partial charge on any atom is 0.410 e. The molecule has 0 spiro atoms. The number of carbonyl (C=O) groups is 2. The van der Waals surface area contributed by atoms with Gasteiger partial charge in [0.2, 0.25) is 0 Å². The Kier molecular flexibility index (Phi) is 8.25. The van der Waals surface area contributed by atoms with Crippen LogP contribution in [-0.4, -0.2) is 41.5 Å². The minimum atomic E-state index is -0.710. The van der Waals surface area contributed by atoms with Crippen LogP contribution >= 0.6 is 15.9 Å². The van der Waals surface area contributed by atoms with Crippen LogP contribution in [0.15, 0.2) is 30.3 Å². The topological polar surface area (TPSA) is 55.8 Å². The minimum Gasteiger partial charge on any atom is -0.464 e. The van der Waals surface area contributed by atoms with Gasteiger partial charge in [-0.15, -0.1) is 0 Å². The highest BCUT2D eigenvalue weighted by Crippen LogP contribution is 2.26. The number of hydrogen-bond acceptors (Lipinski definition) is 4. The number of alkyl halides is 1. The standard InChI is InChI=1S/C18H26BrNO4/c1-5-23-16(21)15(18(2,3)4)20(12-11-19)17(22)24-13-14-9-7-6-8-10-14/h6-10,15H,5,11-13H2,1-4H3/t15-/m1/s1. The molecular formula is C18H26BrNO4. The van der Waals surface area contributed by atoms with Crippen LogP contribution in [0.25, 0.3) is 0 Å². The lowest BCUT2D eigenvalue weighted by molar-refractivity contribution is -0.153. The largest absolute Gasteiger partial charge is 0.464 e.